The number of pyridine rings is 1. The van der Waals surface area contributed by atoms with Gasteiger partial charge in [-0.3, -0.25) is 10.1 Å². The van der Waals surface area contributed by atoms with Gasteiger partial charge >= 0.3 is 0 Å². The molecule has 184 valence electrons. The fourth-order valence-corrected chi connectivity index (χ4v) is 6.19. The second-order valence-electron chi connectivity index (χ2n) is 8.65. The van der Waals surface area contributed by atoms with Gasteiger partial charge in [-0.2, -0.15) is 0 Å². The van der Waals surface area contributed by atoms with Crippen molar-refractivity contribution >= 4 is 54.0 Å². The number of carbonyl (C=O) groups is 1. The number of rotatable bonds is 8. The Morgan fingerprint density at radius 2 is 1.97 bits per heavy atom. The van der Waals surface area contributed by atoms with Crippen LogP contribution < -0.4 is 10.2 Å². The third kappa shape index (κ3) is 5.00. The molecule has 10 nitrogen and oxygen atoms in total. The van der Waals surface area contributed by atoms with Crippen LogP contribution in [0.2, 0.25) is 0 Å². The van der Waals surface area contributed by atoms with Gasteiger partial charge < -0.3 is 14.5 Å². The molecule has 35 heavy (non-hydrogen) atoms. The van der Waals surface area contributed by atoms with Gasteiger partial charge in [0.1, 0.15) is 10.3 Å². The van der Waals surface area contributed by atoms with E-state index in [1.807, 2.05) is 25.1 Å². The number of oxime groups is 1. The largest absolute Gasteiger partial charge is 0.389 e. The van der Waals surface area contributed by atoms with E-state index in [-0.39, 0.29) is 22.0 Å². The van der Waals surface area contributed by atoms with Crippen molar-refractivity contribution in [3.8, 4) is 0 Å². The molecule has 2 fully saturated rings. The monoisotopic (exact) mass is 515 g/mol. The zero-order chi connectivity index (χ0) is 24.6. The summed E-state index contributed by atoms with van der Waals surface area (Å²) in [5.41, 5.74) is 2.03. The minimum atomic E-state index is -3.34. The number of thiazole rings is 1. The predicted molar refractivity (Wildman–Crippen MR) is 134 cm³/mol. The average Bonchev–Trinajstić information content (AvgIpc) is 3.43. The summed E-state index contributed by atoms with van der Waals surface area (Å²) in [4.78, 5) is 30.6. The Hall–Kier alpha value is -3.09. The molecule has 0 bridgehead atoms. The lowest BCUT2D eigenvalue weighted by Gasteiger charge is -2.11. The maximum Gasteiger partial charge on any atom is 0.280 e. The van der Waals surface area contributed by atoms with E-state index in [1.54, 1.807) is 18.3 Å². The van der Waals surface area contributed by atoms with Crippen molar-refractivity contribution in [2.24, 2.45) is 5.16 Å². The van der Waals surface area contributed by atoms with Crippen LogP contribution in [0.25, 0.3) is 10.3 Å². The van der Waals surface area contributed by atoms with Crippen molar-refractivity contribution in [3.63, 3.8) is 0 Å². The number of sulfone groups is 1. The molecular formula is C23H25N5O5S2. The zero-order valence-electron chi connectivity index (χ0n) is 19.3. The third-order valence-electron chi connectivity index (χ3n) is 5.79. The van der Waals surface area contributed by atoms with Gasteiger partial charge in [0.25, 0.3) is 5.91 Å². The van der Waals surface area contributed by atoms with Crippen molar-refractivity contribution in [2.45, 2.75) is 35.5 Å². The van der Waals surface area contributed by atoms with Crippen molar-refractivity contribution < 1.29 is 22.8 Å². The first-order chi connectivity index (χ1) is 16.8. The van der Waals surface area contributed by atoms with Gasteiger partial charge in [0, 0.05) is 32.3 Å². The van der Waals surface area contributed by atoms with Crippen LogP contribution in [0, 0.1) is 0 Å². The second kappa shape index (κ2) is 9.51. The second-order valence-corrected chi connectivity index (χ2v) is 11.9. The van der Waals surface area contributed by atoms with Gasteiger partial charge in [-0.15, -0.1) is 0 Å². The summed E-state index contributed by atoms with van der Waals surface area (Å²) >= 11 is 1.25. The Morgan fingerprint density at radius 3 is 2.63 bits per heavy atom. The lowest BCUT2D eigenvalue weighted by Crippen LogP contribution is -2.25. The standard InChI is InChI=1S/C23H25N5O5S2/c1-28(2)18-9-11-24-22-20(18)25-23(34-22)26-21(29)19(27-33-15-10-12-32-13-15)14-3-5-16(6-4-14)35(30,31)17-7-8-17/h3-6,9,11,15,17H,7-8,10,12-13H2,1-2H3,(H,25,26,29)/t15-/m1/s1. The Morgan fingerprint density at radius 1 is 1.20 bits per heavy atom. The van der Waals surface area contributed by atoms with E-state index < -0.39 is 15.7 Å². The van der Waals surface area contributed by atoms with Crippen molar-refractivity contribution in [1.29, 1.82) is 0 Å². The van der Waals surface area contributed by atoms with Crippen LogP contribution in [-0.2, 0) is 24.2 Å². The summed E-state index contributed by atoms with van der Waals surface area (Å²) in [7, 11) is 0.486. The minimum Gasteiger partial charge on any atom is -0.389 e. The predicted octanol–water partition coefficient (Wildman–Crippen LogP) is 2.84. The van der Waals surface area contributed by atoms with E-state index in [2.05, 4.69) is 20.4 Å². The van der Waals surface area contributed by atoms with Crippen LogP contribution in [-0.4, -0.2) is 68.7 Å². The Labute approximate surface area is 206 Å². The Bertz CT molecular complexity index is 1380. The van der Waals surface area contributed by atoms with Crippen LogP contribution in [0.15, 0.2) is 46.6 Å². The SMILES string of the molecule is CN(C)c1ccnc2sc(NC(=O)C(=NO[C@@H]3CCOC3)c3ccc(S(=O)(=O)C4CC4)cc3)nc12. The number of hydrogen-bond donors (Lipinski definition) is 1. The van der Waals surface area contributed by atoms with Gasteiger partial charge in [-0.05, 0) is 31.0 Å². The van der Waals surface area contributed by atoms with Crippen LogP contribution in [0.4, 0.5) is 10.8 Å². The molecule has 0 spiro atoms. The molecule has 1 saturated heterocycles. The number of aromatic nitrogens is 2. The fraction of sp³-hybridized carbons (Fsp3) is 0.391. The van der Waals surface area contributed by atoms with Crippen molar-refractivity contribution in [1.82, 2.24) is 9.97 Å². The molecule has 1 saturated carbocycles. The van der Waals surface area contributed by atoms with Crippen molar-refractivity contribution in [2.75, 3.05) is 37.5 Å². The molecule has 2 aromatic heterocycles. The number of hydrogen-bond acceptors (Lipinski definition) is 10. The smallest absolute Gasteiger partial charge is 0.280 e. The first-order valence-corrected chi connectivity index (χ1v) is 13.6. The highest BCUT2D eigenvalue weighted by Gasteiger charge is 2.36. The number of nitrogens with zero attached hydrogens (tertiary/aromatic N) is 4. The number of ether oxygens (including phenoxy) is 1. The number of benzene rings is 1. The van der Waals surface area contributed by atoms with Crippen LogP contribution >= 0.6 is 11.3 Å². The van der Waals surface area contributed by atoms with Crippen LogP contribution in [0.1, 0.15) is 24.8 Å². The summed E-state index contributed by atoms with van der Waals surface area (Å²) < 4.78 is 30.4. The molecule has 1 amide bonds. The summed E-state index contributed by atoms with van der Waals surface area (Å²) in [6.45, 7) is 0.968. The average molecular weight is 516 g/mol. The minimum absolute atomic E-state index is 0.0207. The number of amides is 1. The van der Waals surface area contributed by atoms with Crippen LogP contribution in [0.5, 0.6) is 0 Å². The first kappa shape index (κ1) is 23.6. The molecule has 1 aliphatic carbocycles. The highest BCUT2D eigenvalue weighted by Crippen LogP contribution is 2.34. The zero-order valence-corrected chi connectivity index (χ0v) is 20.9. The van der Waals surface area contributed by atoms with E-state index in [9.17, 15) is 13.2 Å². The normalized spacial score (nSPS) is 18.6. The molecular weight excluding hydrogens is 490 g/mol. The fourth-order valence-electron chi connectivity index (χ4n) is 3.71. The molecule has 0 radical (unpaired) electrons. The highest BCUT2D eigenvalue weighted by molar-refractivity contribution is 7.92. The molecule has 12 heteroatoms. The molecule has 3 heterocycles. The van der Waals surface area contributed by atoms with Gasteiger partial charge in [0.05, 0.1) is 29.0 Å². The summed E-state index contributed by atoms with van der Waals surface area (Å²) in [5, 5.41) is 7.00. The summed E-state index contributed by atoms with van der Waals surface area (Å²) in [5.74, 6) is -0.521. The maximum absolute atomic E-state index is 13.3. The molecule has 5 rings (SSSR count). The lowest BCUT2D eigenvalue weighted by atomic mass is 10.1. The maximum atomic E-state index is 13.3. The quantitative estimate of drug-likeness (QED) is 0.359. The summed E-state index contributed by atoms with van der Waals surface area (Å²) in [6.07, 6.45) is 3.49. The van der Waals surface area contributed by atoms with Gasteiger partial charge in [0.15, 0.2) is 26.8 Å². The van der Waals surface area contributed by atoms with Gasteiger partial charge in [0.2, 0.25) is 0 Å². The highest BCUT2D eigenvalue weighted by atomic mass is 32.2. The molecule has 2 aliphatic rings. The van der Waals surface area contributed by atoms with Crippen LogP contribution in [0.3, 0.4) is 0 Å². The molecule has 1 aliphatic heterocycles. The number of nitrogens with one attached hydrogen (secondary N) is 1. The first-order valence-electron chi connectivity index (χ1n) is 11.2. The number of fused-ring (bicyclic) bond motifs is 1. The summed E-state index contributed by atoms with van der Waals surface area (Å²) in [6, 6.07) is 8.03. The molecule has 1 N–H and O–H groups in total. The lowest BCUT2D eigenvalue weighted by molar-refractivity contribution is -0.110. The third-order valence-corrected chi connectivity index (χ3v) is 8.95. The van der Waals surface area contributed by atoms with E-state index in [1.165, 1.54) is 23.5 Å². The Kier molecular flexibility index (Phi) is 6.43. The number of anilines is 2. The molecule has 1 aromatic carbocycles. The van der Waals surface area contributed by atoms with Gasteiger partial charge in [-0.1, -0.05) is 28.6 Å². The molecule has 0 unspecified atom stereocenters. The van der Waals surface area contributed by atoms with E-state index in [4.69, 9.17) is 9.57 Å². The van der Waals surface area contributed by atoms with Gasteiger partial charge in [-0.25, -0.2) is 18.4 Å². The van der Waals surface area contributed by atoms with E-state index in [0.717, 1.165) is 5.69 Å². The molecule has 3 aromatic rings. The van der Waals surface area contributed by atoms with E-state index in [0.29, 0.717) is 53.5 Å². The topological polar surface area (TPSA) is 123 Å². The van der Waals surface area contributed by atoms with E-state index >= 15 is 0 Å². The number of carbonyl (C=O) groups excluding carboxylic acids is 1. The Balaban J connectivity index is 1.43. The molecule has 1 atom stereocenters. The van der Waals surface area contributed by atoms with Crippen molar-refractivity contribution in [3.05, 3.63) is 42.1 Å².